The Balaban J connectivity index is 2.55. The molecule has 3 heteroatoms. The fraction of sp³-hybridized carbons (Fsp3) is 0.375. The van der Waals surface area contributed by atoms with E-state index >= 15 is 0 Å². The van der Waals surface area contributed by atoms with Crippen LogP contribution in [0.1, 0.15) is 6.42 Å². The van der Waals surface area contributed by atoms with Gasteiger partial charge in [0.15, 0.2) is 0 Å². The first-order chi connectivity index (χ1) is 5.24. The maximum atomic E-state index is 10.9. The van der Waals surface area contributed by atoms with E-state index in [1.54, 1.807) is 12.2 Å². The van der Waals surface area contributed by atoms with Gasteiger partial charge in [0, 0.05) is 0 Å². The van der Waals surface area contributed by atoms with E-state index in [-0.39, 0.29) is 17.6 Å². The van der Waals surface area contributed by atoms with Crippen molar-refractivity contribution in [3.05, 3.63) is 24.0 Å². The van der Waals surface area contributed by atoms with Crippen molar-refractivity contribution in [2.45, 2.75) is 6.42 Å². The van der Waals surface area contributed by atoms with Gasteiger partial charge in [0.05, 0.1) is 13.0 Å². The molecule has 1 aliphatic rings. The zero-order valence-electron chi connectivity index (χ0n) is 6.28. The molecule has 1 unspecified atom stereocenters. The van der Waals surface area contributed by atoms with Crippen molar-refractivity contribution in [1.82, 2.24) is 0 Å². The molecule has 0 aromatic heterocycles. The number of aliphatic hydroxyl groups excluding tert-OH is 1. The minimum atomic E-state index is -0.259. The standard InChI is InChI=1S/C8H10O3/c1-11-8(10)6-2-4-7(9)5-3-6/h2,4-6,9H,3H2,1H3. The number of esters is 1. The molecule has 0 spiro atoms. The largest absolute Gasteiger partial charge is 0.508 e. The van der Waals surface area contributed by atoms with Crippen LogP contribution in [0.5, 0.6) is 0 Å². The summed E-state index contributed by atoms with van der Waals surface area (Å²) in [5, 5.41) is 8.90. The summed E-state index contributed by atoms with van der Waals surface area (Å²) in [5.41, 5.74) is 0. The summed E-state index contributed by atoms with van der Waals surface area (Å²) in [6, 6.07) is 0. The Bertz CT molecular complexity index is 215. The first kappa shape index (κ1) is 7.85. The molecule has 1 aliphatic carbocycles. The van der Waals surface area contributed by atoms with E-state index in [4.69, 9.17) is 5.11 Å². The van der Waals surface area contributed by atoms with Crippen LogP contribution in [0.2, 0.25) is 0 Å². The van der Waals surface area contributed by atoms with Gasteiger partial charge in [-0.2, -0.15) is 0 Å². The molecule has 0 radical (unpaired) electrons. The zero-order valence-corrected chi connectivity index (χ0v) is 6.28. The number of aliphatic hydroxyl groups is 1. The SMILES string of the molecule is COC(=O)C1C=CC(O)=CC1. The van der Waals surface area contributed by atoms with Gasteiger partial charge in [0.1, 0.15) is 5.76 Å². The van der Waals surface area contributed by atoms with Gasteiger partial charge in [0.2, 0.25) is 0 Å². The molecular weight excluding hydrogens is 144 g/mol. The average Bonchev–Trinajstić information content (AvgIpc) is 2.05. The van der Waals surface area contributed by atoms with Crippen LogP contribution in [0.25, 0.3) is 0 Å². The highest BCUT2D eigenvalue weighted by Gasteiger charge is 2.16. The highest BCUT2D eigenvalue weighted by molar-refractivity contribution is 5.75. The lowest BCUT2D eigenvalue weighted by molar-refractivity contribution is -0.143. The third kappa shape index (κ3) is 1.83. The lowest BCUT2D eigenvalue weighted by atomic mass is 10.0. The summed E-state index contributed by atoms with van der Waals surface area (Å²) < 4.78 is 4.52. The van der Waals surface area contributed by atoms with E-state index in [0.29, 0.717) is 6.42 Å². The van der Waals surface area contributed by atoms with Crippen molar-refractivity contribution in [1.29, 1.82) is 0 Å². The smallest absolute Gasteiger partial charge is 0.312 e. The number of carbonyl (C=O) groups is 1. The molecule has 0 fully saturated rings. The summed E-state index contributed by atoms with van der Waals surface area (Å²) in [6.45, 7) is 0. The van der Waals surface area contributed by atoms with E-state index in [2.05, 4.69) is 4.74 Å². The van der Waals surface area contributed by atoms with Crippen molar-refractivity contribution >= 4 is 5.97 Å². The molecule has 1 atom stereocenters. The number of hydrogen-bond donors (Lipinski definition) is 1. The summed E-state index contributed by atoms with van der Waals surface area (Å²) in [5.74, 6) is -0.272. The molecule has 0 aromatic rings. The Morgan fingerprint density at radius 3 is 3.00 bits per heavy atom. The third-order valence-corrected chi connectivity index (χ3v) is 1.58. The average molecular weight is 154 g/mol. The Kier molecular flexibility index (Phi) is 2.31. The van der Waals surface area contributed by atoms with Gasteiger partial charge in [-0.05, 0) is 18.6 Å². The summed E-state index contributed by atoms with van der Waals surface area (Å²) in [7, 11) is 1.36. The molecule has 1 N–H and O–H groups in total. The van der Waals surface area contributed by atoms with Crippen molar-refractivity contribution < 1.29 is 14.6 Å². The van der Waals surface area contributed by atoms with E-state index in [9.17, 15) is 4.79 Å². The topological polar surface area (TPSA) is 46.5 Å². The molecule has 1 rings (SSSR count). The lowest BCUT2D eigenvalue weighted by Gasteiger charge is -2.10. The Hall–Kier alpha value is -1.25. The van der Waals surface area contributed by atoms with Gasteiger partial charge < -0.3 is 9.84 Å². The summed E-state index contributed by atoms with van der Waals surface area (Å²) in [4.78, 5) is 10.9. The maximum Gasteiger partial charge on any atom is 0.312 e. The van der Waals surface area contributed by atoms with Gasteiger partial charge in [0.25, 0.3) is 0 Å². The normalized spacial score (nSPS) is 22.6. The van der Waals surface area contributed by atoms with E-state index < -0.39 is 0 Å². The van der Waals surface area contributed by atoms with Crippen molar-refractivity contribution in [2.24, 2.45) is 5.92 Å². The predicted octanol–water partition coefficient (Wildman–Crippen LogP) is 1.18. The number of allylic oxidation sites excluding steroid dienone is 2. The fourth-order valence-corrected chi connectivity index (χ4v) is 0.935. The second-order valence-corrected chi connectivity index (χ2v) is 2.35. The molecule has 11 heavy (non-hydrogen) atoms. The fourth-order valence-electron chi connectivity index (χ4n) is 0.935. The van der Waals surface area contributed by atoms with Gasteiger partial charge >= 0.3 is 5.97 Å². The molecular formula is C8H10O3. The highest BCUT2D eigenvalue weighted by Crippen LogP contribution is 2.15. The van der Waals surface area contributed by atoms with E-state index in [1.165, 1.54) is 13.2 Å². The quantitative estimate of drug-likeness (QED) is 0.577. The molecule has 60 valence electrons. The number of hydrogen-bond acceptors (Lipinski definition) is 3. The van der Waals surface area contributed by atoms with Crippen LogP contribution < -0.4 is 0 Å². The molecule has 0 saturated heterocycles. The van der Waals surface area contributed by atoms with Crippen LogP contribution >= 0.6 is 0 Å². The van der Waals surface area contributed by atoms with Crippen molar-refractivity contribution in [3.63, 3.8) is 0 Å². The minimum Gasteiger partial charge on any atom is -0.508 e. The Morgan fingerprint density at radius 1 is 1.82 bits per heavy atom. The van der Waals surface area contributed by atoms with Crippen LogP contribution in [0.4, 0.5) is 0 Å². The minimum absolute atomic E-state index is 0.213. The molecule has 0 heterocycles. The number of rotatable bonds is 1. The van der Waals surface area contributed by atoms with E-state index in [1.807, 2.05) is 0 Å². The maximum absolute atomic E-state index is 10.9. The molecule has 0 amide bonds. The predicted molar refractivity (Wildman–Crippen MR) is 40.0 cm³/mol. The molecule has 0 saturated carbocycles. The lowest BCUT2D eigenvalue weighted by Crippen LogP contribution is -2.14. The molecule has 0 aromatic carbocycles. The van der Waals surface area contributed by atoms with Gasteiger partial charge in [-0.15, -0.1) is 0 Å². The van der Waals surface area contributed by atoms with Crippen LogP contribution in [-0.4, -0.2) is 18.2 Å². The molecule has 0 aliphatic heterocycles. The van der Waals surface area contributed by atoms with Gasteiger partial charge in [-0.3, -0.25) is 4.79 Å². The molecule has 3 nitrogen and oxygen atoms in total. The molecule has 0 bridgehead atoms. The first-order valence-electron chi connectivity index (χ1n) is 3.39. The second kappa shape index (κ2) is 3.23. The van der Waals surface area contributed by atoms with Crippen molar-refractivity contribution in [3.8, 4) is 0 Å². The number of ether oxygens (including phenoxy) is 1. The zero-order chi connectivity index (χ0) is 8.27. The van der Waals surface area contributed by atoms with Crippen LogP contribution in [0.3, 0.4) is 0 Å². The highest BCUT2D eigenvalue weighted by atomic mass is 16.5. The van der Waals surface area contributed by atoms with E-state index in [0.717, 1.165) is 0 Å². The van der Waals surface area contributed by atoms with Gasteiger partial charge in [-0.1, -0.05) is 6.08 Å². The summed E-state index contributed by atoms with van der Waals surface area (Å²) in [6.07, 6.45) is 5.27. The first-order valence-corrected chi connectivity index (χ1v) is 3.39. The third-order valence-electron chi connectivity index (χ3n) is 1.58. The van der Waals surface area contributed by atoms with Gasteiger partial charge in [-0.25, -0.2) is 0 Å². The second-order valence-electron chi connectivity index (χ2n) is 2.35. The van der Waals surface area contributed by atoms with Crippen molar-refractivity contribution in [2.75, 3.05) is 7.11 Å². The summed E-state index contributed by atoms with van der Waals surface area (Å²) >= 11 is 0. The number of carbonyl (C=O) groups excluding carboxylic acids is 1. The Labute approximate surface area is 65.0 Å². The Morgan fingerprint density at radius 2 is 2.55 bits per heavy atom. The van der Waals surface area contributed by atoms with Crippen LogP contribution in [0.15, 0.2) is 24.0 Å². The van der Waals surface area contributed by atoms with Crippen LogP contribution in [0, 0.1) is 5.92 Å². The number of methoxy groups -OCH3 is 1. The van der Waals surface area contributed by atoms with Crippen LogP contribution in [-0.2, 0) is 9.53 Å². The monoisotopic (exact) mass is 154 g/mol.